The molecule has 0 bridgehead atoms. The molecule has 0 aliphatic heterocycles. The van der Waals surface area contributed by atoms with Crippen LogP contribution < -0.4 is 10.6 Å². The van der Waals surface area contributed by atoms with Crippen molar-refractivity contribution in [3.05, 3.63) is 42.5 Å². The molecule has 0 aromatic heterocycles. The lowest BCUT2D eigenvalue weighted by atomic mass is 10.1. The molecule has 0 spiro atoms. The molecule has 2 aromatic carbocycles. The molecule has 0 saturated carbocycles. The minimum Gasteiger partial charge on any atom is -0.364 e. The van der Waals surface area contributed by atoms with Gasteiger partial charge in [-0.3, -0.25) is 0 Å². The maximum absolute atomic E-state index is 11.5. The molecule has 0 aliphatic carbocycles. The number of urea groups is 1. The van der Waals surface area contributed by atoms with E-state index in [0.717, 1.165) is 16.5 Å². The molecule has 88 valence electrons. The molecule has 2 amide bonds. The van der Waals surface area contributed by atoms with E-state index >= 15 is 0 Å². The number of rotatable bonds is 3. The number of nitrogens with one attached hydrogen (secondary N) is 2. The lowest BCUT2D eigenvalue weighted by Gasteiger charge is -2.09. The van der Waals surface area contributed by atoms with Crippen molar-refractivity contribution < 1.29 is 9.53 Å². The van der Waals surface area contributed by atoms with E-state index in [1.54, 1.807) is 0 Å². The number of fused-ring (bicyclic) bond motifs is 1. The quantitative estimate of drug-likeness (QED) is 0.796. The highest BCUT2D eigenvalue weighted by molar-refractivity contribution is 6.01. The van der Waals surface area contributed by atoms with Crippen LogP contribution in [0.2, 0.25) is 0 Å². The van der Waals surface area contributed by atoms with Gasteiger partial charge in [-0.1, -0.05) is 36.4 Å². The summed E-state index contributed by atoms with van der Waals surface area (Å²) in [4.78, 5) is 11.5. The molecular weight excluding hydrogens is 216 g/mol. The second-order valence-corrected chi connectivity index (χ2v) is 3.59. The van der Waals surface area contributed by atoms with Gasteiger partial charge in [0.2, 0.25) is 0 Å². The summed E-state index contributed by atoms with van der Waals surface area (Å²) in [6.45, 7) is 0.191. The average molecular weight is 230 g/mol. The van der Waals surface area contributed by atoms with Crippen LogP contribution in [0.1, 0.15) is 0 Å². The summed E-state index contributed by atoms with van der Waals surface area (Å²) in [5, 5.41) is 7.47. The smallest absolute Gasteiger partial charge is 0.321 e. The zero-order chi connectivity index (χ0) is 12.1. The number of ether oxygens (including phenoxy) is 1. The molecule has 17 heavy (non-hydrogen) atoms. The van der Waals surface area contributed by atoms with Crippen molar-refractivity contribution in [1.29, 1.82) is 0 Å². The van der Waals surface area contributed by atoms with Crippen LogP contribution in [0.3, 0.4) is 0 Å². The molecule has 2 N–H and O–H groups in total. The van der Waals surface area contributed by atoms with E-state index in [2.05, 4.69) is 10.6 Å². The van der Waals surface area contributed by atoms with E-state index in [4.69, 9.17) is 4.74 Å². The van der Waals surface area contributed by atoms with Gasteiger partial charge in [0, 0.05) is 12.5 Å². The van der Waals surface area contributed by atoms with Crippen molar-refractivity contribution in [3.8, 4) is 0 Å². The van der Waals surface area contributed by atoms with Crippen LogP contribution in [0.25, 0.3) is 10.8 Å². The Bertz CT molecular complexity index is 520. The minimum absolute atomic E-state index is 0.191. The first-order valence-electron chi connectivity index (χ1n) is 5.33. The van der Waals surface area contributed by atoms with E-state index in [0.29, 0.717) is 0 Å². The van der Waals surface area contributed by atoms with Gasteiger partial charge in [-0.15, -0.1) is 0 Å². The Hall–Kier alpha value is -2.07. The van der Waals surface area contributed by atoms with Gasteiger partial charge in [0.25, 0.3) is 0 Å². The Kier molecular flexibility index (Phi) is 3.57. The number of carbonyl (C=O) groups is 1. The number of benzene rings is 2. The van der Waals surface area contributed by atoms with Gasteiger partial charge in [0.05, 0.1) is 5.69 Å². The first-order valence-corrected chi connectivity index (χ1v) is 5.33. The number of methoxy groups -OCH3 is 1. The molecule has 0 heterocycles. The third-order valence-electron chi connectivity index (χ3n) is 2.41. The molecule has 0 radical (unpaired) electrons. The van der Waals surface area contributed by atoms with Gasteiger partial charge in [-0.25, -0.2) is 4.79 Å². The third kappa shape index (κ3) is 2.73. The zero-order valence-electron chi connectivity index (χ0n) is 9.57. The minimum atomic E-state index is -0.275. The van der Waals surface area contributed by atoms with Gasteiger partial charge in [-0.05, 0) is 11.5 Å². The number of hydrogen-bond donors (Lipinski definition) is 2. The molecule has 0 saturated heterocycles. The third-order valence-corrected chi connectivity index (χ3v) is 2.41. The first kappa shape index (κ1) is 11.4. The SMILES string of the molecule is COCNC(=O)Nc1cccc2ccccc12. The van der Waals surface area contributed by atoms with Crippen molar-refractivity contribution in [2.24, 2.45) is 0 Å². The van der Waals surface area contributed by atoms with Crippen LogP contribution in [0.15, 0.2) is 42.5 Å². The normalized spacial score (nSPS) is 10.2. The lowest BCUT2D eigenvalue weighted by molar-refractivity contribution is 0.177. The van der Waals surface area contributed by atoms with E-state index in [9.17, 15) is 4.79 Å². The Morgan fingerprint density at radius 2 is 1.94 bits per heavy atom. The van der Waals surface area contributed by atoms with Crippen molar-refractivity contribution in [2.45, 2.75) is 0 Å². The van der Waals surface area contributed by atoms with E-state index in [1.807, 2.05) is 42.5 Å². The summed E-state index contributed by atoms with van der Waals surface area (Å²) in [5.41, 5.74) is 0.789. The van der Waals surface area contributed by atoms with E-state index in [-0.39, 0.29) is 12.8 Å². The topological polar surface area (TPSA) is 50.4 Å². The monoisotopic (exact) mass is 230 g/mol. The summed E-state index contributed by atoms with van der Waals surface area (Å²) in [7, 11) is 1.53. The average Bonchev–Trinajstić information content (AvgIpc) is 2.37. The molecule has 0 fully saturated rings. The fraction of sp³-hybridized carbons (Fsp3) is 0.154. The second kappa shape index (κ2) is 5.32. The number of hydrogen-bond acceptors (Lipinski definition) is 2. The highest BCUT2D eigenvalue weighted by atomic mass is 16.5. The van der Waals surface area contributed by atoms with E-state index < -0.39 is 0 Å². The van der Waals surface area contributed by atoms with Crippen molar-refractivity contribution >= 4 is 22.5 Å². The maximum Gasteiger partial charge on any atom is 0.321 e. The summed E-state index contributed by atoms with van der Waals surface area (Å²) < 4.78 is 4.77. The summed E-state index contributed by atoms with van der Waals surface area (Å²) >= 11 is 0. The van der Waals surface area contributed by atoms with Gasteiger partial charge >= 0.3 is 6.03 Å². The van der Waals surface area contributed by atoms with Crippen LogP contribution >= 0.6 is 0 Å². The summed E-state index contributed by atoms with van der Waals surface area (Å²) in [6, 6.07) is 13.4. The predicted octanol–water partition coefficient (Wildman–Crippen LogP) is 2.57. The van der Waals surface area contributed by atoms with Crippen molar-refractivity contribution in [3.63, 3.8) is 0 Å². The van der Waals surface area contributed by atoms with Gasteiger partial charge < -0.3 is 15.4 Å². The molecule has 0 unspecified atom stereocenters. The first-order chi connectivity index (χ1) is 8.31. The van der Waals surface area contributed by atoms with Crippen LogP contribution in [0, 0.1) is 0 Å². The van der Waals surface area contributed by atoms with Crippen LogP contribution in [-0.4, -0.2) is 19.9 Å². The number of anilines is 1. The van der Waals surface area contributed by atoms with Gasteiger partial charge in [-0.2, -0.15) is 0 Å². The number of carbonyl (C=O) groups excluding carboxylic acids is 1. The van der Waals surface area contributed by atoms with Crippen molar-refractivity contribution in [1.82, 2.24) is 5.32 Å². The fourth-order valence-corrected chi connectivity index (χ4v) is 1.64. The van der Waals surface area contributed by atoms with Crippen LogP contribution in [0.4, 0.5) is 10.5 Å². The van der Waals surface area contributed by atoms with Gasteiger partial charge in [0.1, 0.15) is 6.73 Å². The highest BCUT2D eigenvalue weighted by Crippen LogP contribution is 2.22. The Balaban J connectivity index is 2.21. The Morgan fingerprint density at radius 1 is 1.18 bits per heavy atom. The fourth-order valence-electron chi connectivity index (χ4n) is 1.64. The second-order valence-electron chi connectivity index (χ2n) is 3.59. The molecule has 4 heteroatoms. The Morgan fingerprint density at radius 3 is 2.76 bits per heavy atom. The van der Waals surface area contributed by atoms with Crippen molar-refractivity contribution in [2.75, 3.05) is 19.2 Å². The highest BCUT2D eigenvalue weighted by Gasteiger charge is 2.03. The van der Waals surface area contributed by atoms with Crippen LogP contribution in [-0.2, 0) is 4.74 Å². The zero-order valence-corrected chi connectivity index (χ0v) is 9.57. The van der Waals surface area contributed by atoms with Crippen LogP contribution in [0.5, 0.6) is 0 Å². The Labute approximate surface area is 99.6 Å². The number of amides is 2. The molecular formula is C13H14N2O2. The standard InChI is InChI=1S/C13H14N2O2/c1-17-9-14-13(16)15-12-8-4-6-10-5-2-3-7-11(10)12/h2-8H,9H2,1H3,(H2,14,15,16). The maximum atomic E-state index is 11.5. The summed E-state index contributed by atoms with van der Waals surface area (Å²) in [6.07, 6.45) is 0. The molecule has 0 aliphatic rings. The van der Waals surface area contributed by atoms with Gasteiger partial charge in [0.15, 0.2) is 0 Å². The van der Waals surface area contributed by atoms with E-state index in [1.165, 1.54) is 7.11 Å². The largest absolute Gasteiger partial charge is 0.364 e. The molecule has 2 rings (SSSR count). The molecule has 0 atom stereocenters. The molecule has 2 aromatic rings. The predicted molar refractivity (Wildman–Crippen MR) is 68.0 cm³/mol. The summed E-state index contributed by atoms with van der Waals surface area (Å²) in [5.74, 6) is 0. The molecule has 4 nitrogen and oxygen atoms in total. The lowest BCUT2D eigenvalue weighted by Crippen LogP contribution is -2.30.